The van der Waals surface area contributed by atoms with Gasteiger partial charge in [-0.15, -0.1) is 0 Å². The van der Waals surface area contributed by atoms with Crippen LogP contribution in [0.15, 0.2) is 30.3 Å². The monoisotopic (exact) mass is 527 g/mol. The number of amides is 1. The summed E-state index contributed by atoms with van der Waals surface area (Å²) in [5.74, 6) is 0.408. The van der Waals surface area contributed by atoms with Gasteiger partial charge in [0.15, 0.2) is 0 Å². The first kappa shape index (κ1) is 26.7. The van der Waals surface area contributed by atoms with E-state index in [0.29, 0.717) is 51.5 Å². The normalized spacial score (nSPS) is 16.6. The van der Waals surface area contributed by atoms with Gasteiger partial charge in [-0.05, 0) is 38.3 Å². The van der Waals surface area contributed by atoms with Crippen molar-refractivity contribution in [3.63, 3.8) is 0 Å². The number of fused-ring (bicyclic) bond motifs is 1. The highest BCUT2D eigenvalue weighted by Crippen LogP contribution is 2.36. The number of benzene rings is 1. The molecule has 1 fully saturated rings. The molecule has 0 aliphatic carbocycles. The number of carbonyl (C=O) groups excluding carboxylic acids is 1. The summed E-state index contributed by atoms with van der Waals surface area (Å²) < 4.78 is 34.7. The minimum absolute atomic E-state index is 0.148. The number of nitriles is 1. The third-order valence-electron chi connectivity index (χ3n) is 6.24. The fourth-order valence-electron chi connectivity index (χ4n) is 4.63. The van der Waals surface area contributed by atoms with E-state index in [4.69, 9.17) is 8.92 Å². The van der Waals surface area contributed by atoms with E-state index in [2.05, 4.69) is 28.1 Å². The molecule has 37 heavy (non-hydrogen) atoms. The maximum Gasteiger partial charge on any atom is 0.410 e. The fraction of sp³-hybridized carbons (Fsp3) is 0.500. The van der Waals surface area contributed by atoms with E-state index >= 15 is 0 Å². The second-order valence-electron chi connectivity index (χ2n) is 10.4. The number of carbonyl (C=O) groups is 1. The molecule has 0 unspecified atom stereocenters. The molecule has 10 nitrogen and oxygen atoms in total. The third-order valence-corrected chi connectivity index (χ3v) is 6.70. The molecule has 0 saturated carbocycles. The van der Waals surface area contributed by atoms with Crippen molar-refractivity contribution in [1.29, 1.82) is 5.26 Å². The Morgan fingerprint density at radius 3 is 2.35 bits per heavy atom. The average Bonchev–Trinajstić information content (AvgIpc) is 2.82. The predicted molar refractivity (Wildman–Crippen MR) is 139 cm³/mol. The maximum absolute atomic E-state index is 12.5. The molecule has 1 aromatic heterocycles. The van der Waals surface area contributed by atoms with Gasteiger partial charge in [-0.2, -0.15) is 18.7 Å². The van der Waals surface area contributed by atoms with Crippen LogP contribution in [0.4, 0.5) is 10.6 Å². The smallest absolute Gasteiger partial charge is 0.410 e. The summed E-state index contributed by atoms with van der Waals surface area (Å²) in [5.41, 5.74) is 2.39. The van der Waals surface area contributed by atoms with Crippen LogP contribution in [0.5, 0.6) is 5.88 Å². The molecule has 2 aliphatic heterocycles. The number of anilines is 1. The number of aromatic nitrogens is 1. The van der Waals surface area contributed by atoms with Gasteiger partial charge >= 0.3 is 16.2 Å². The third kappa shape index (κ3) is 6.70. The van der Waals surface area contributed by atoms with Gasteiger partial charge in [-0.3, -0.25) is 4.90 Å². The van der Waals surface area contributed by atoms with Gasteiger partial charge in [-0.25, -0.2) is 4.79 Å². The van der Waals surface area contributed by atoms with Crippen LogP contribution in [0, 0.1) is 11.3 Å². The van der Waals surface area contributed by atoms with Crippen molar-refractivity contribution in [1.82, 2.24) is 14.8 Å². The lowest BCUT2D eigenvalue weighted by molar-refractivity contribution is 0.0240. The molecule has 0 radical (unpaired) electrons. The Morgan fingerprint density at radius 1 is 1.08 bits per heavy atom. The second-order valence-corrected chi connectivity index (χ2v) is 11.9. The van der Waals surface area contributed by atoms with Crippen LogP contribution in [0.1, 0.15) is 43.0 Å². The van der Waals surface area contributed by atoms with Crippen LogP contribution in [0.2, 0.25) is 0 Å². The summed E-state index contributed by atoms with van der Waals surface area (Å²) in [4.78, 5) is 23.0. The van der Waals surface area contributed by atoms with Gasteiger partial charge < -0.3 is 18.7 Å². The molecule has 1 amide bonds. The van der Waals surface area contributed by atoms with E-state index < -0.39 is 15.7 Å². The minimum atomic E-state index is -3.90. The number of piperazine rings is 1. The Balaban J connectivity index is 1.63. The van der Waals surface area contributed by atoms with Crippen molar-refractivity contribution < 1.29 is 22.1 Å². The molecule has 0 atom stereocenters. The lowest BCUT2D eigenvalue weighted by Crippen LogP contribution is -2.50. The summed E-state index contributed by atoms with van der Waals surface area (Å²) in [7, 11) is -3.90. The molecular formula is C26H33N5O5S. The molecule has 2 aromatic rings. The predicted octanol–water partition coefficient (Wildman–Crippen LogP) is 2.91. The van der Waals surface area contributed by atoms with Crippen LogP contribution in [-0.2, 0) is 34.4 Å². The van der Waals surface area contributed by atoms with E-state index in [1.165, 1.54) is 0 Å². The number of hydrogen-bond acceptors (Lipinski definition) is 9. The quantitative estimate of drug-likeness (QED) is 0.541. The summed E-state index contributed by atoms with van der Waals surface area (Å²) in [6, 6.07) is 12.2. The Bertz CT molecular complexity index is 1290. The number of ether oxygens (including phenoxy) is 1. The van der Waals surface area contributed by atoms with Crippen LogP contribution in [0.25, 0.3) is 0 Å². The summed E-state index contributed by atoms with van der Waals surface area (Å²) in [6.07, 6.45) is 1.24. The molecular weight excluding hydrogens is 494 g/mol. The van der Waals surface area contributed by atoms with Crippen molar-refractivity contribution in [2.24, 2.45) is 0 Å². The van der Waals surface area contributed by atoms with Crippen LogP contribution in [-0.4, -0.2) is 73.9 Å². The van der Waals surface area contributed by atoms with Crippen molar-refractivity contribution in [3.8, 4) is 11.9 Å². The zero-order valence-corrected chi connectivity index (χ0v) is 22.5. The van der Waals surface area contributed by atoms with Crippen LogP contribution < -0.4 is 9.08 Å². The molecule has 3 heterocycles. The lowest BCUT2D eigenvalue weighted by atomic mass is 9.95. The largest absolute Gasteiger partial charge is 0.444 e. The first-order valence-electron chi connectivity index (χ1n) is 12.3. The van der Waals surface area contributed by atoms with Crippen LogP contribution >= 0.6 is 0 Å². The summed E-state index contributed by atoms with van der Waals surface area (Å²) >= 11 is 0. The first-order chi connectivity index (χ1) is 17.4. The number of rotatable bonds is 5. The van der Waals surface area contributed by atoms with Gasteiger partial charge in [0.25, 0.3) is 5.88 Å². The minimum Gasteiger partial charge on any atom is -0.444 e. The fourth-order valence-corrected chi connectivity index (χ4v) is 5.04. The van der Waals surface area contributed by atoms with Crippen LogP contribution in [0.3, 0.4) is 0 Å². The zero-order valence-electron chi connectivity index (χ0n) is 21.7. The number of hydrogen-bond donors (Lipinski definition) is 0. The van der Waals surface area contributed by atoms with E-state index in [1.54, 1.807) is 4.90 Å². The summed E-state index contributed by atoms with van der Waals surface area (Å²) in [6.45, 7) is 9.32. The average molecular weight is 528 g/mol. The number of pyridine rings is 1. The van der Waals surface area contributed by atoms with E-state index in [-0.39, 0.29) is 17.5 Å². The maximum atomic E-state index is 12.5. The van der Waals surface area contributed by atoms with Gasteiger partial charge in [0.05, 0.1) is 6.26 Å². The van der Waals surface area contributed by atoms with E-state index in [1.807, 2.05) is 43.9 Å². The van der Waals surface area contributed by atoms with Crippen molar-refractivity contribution >= 4 is 22.0 Å². The van der Waals surface area contributed by atoms with E-state index in [0.717, 1.165) is 29.5 Å². The molecule has 2 aliphatic rings. The topological polar surface area (TPSA) is 116 Å². The Hall–Kier alpha value is -3.36. The molecule has 1 saturated heterocycles. The highest BCUT2D eigenvalue weighted by atomic mass is 32.2. The summed E-state index contributed by atoms with van der Waals surface area (Å²) in [5, 5.41) is 9.98. The van der Waals surface area contributed by atoms with Gasteiger partial charge in [0, 0.05) is 51.4 Å². The van der Waals surface area contributed by atoms with Gasteiger partial charge in [0.2, 0.25) is 0 Å². The Kier molecular flexibility index (Phi) is 7.62. The first-order valence-corrected chi connectivity index (χ1v) is 14.1. The molecule has 4 rings (SSSR count). The SMILES string of the molecule is CC(C)(C)OC(=O)N1CCN(c2nc(OS(C)(=O)=O)c(C#N)c3c2CCN(Cc2ccccc2)C3)CC1. The number of nitrogens with zero attached hydrogens (tertiary/aromatic N) is 5. The molecule has 0 bridgehead atoms. The van der Waals surface area contributed by atoms with E-state index in [9.17, 15) is 18.5 Å². The van der Waals surface area contributed by atoms with Gasteiger partial charge in [0.1, 0.15) is 23.1 Å². The lowest BCUT2D eigenvalue weighted by Gasteiger charge is -2.38. The Morgan fingerprint density at radius 2 is 1.76 bits per heavy atom. The Labute approximate surface area is 218 Å². The molecule has 1 aromatic carbocycles. The van der Waals surface area contributed by atoms with Gasteiger partial charge in [-0.1, -0.05) is 30.3 Å². The molecule has 0 spiro atoms. The zero-order chi connectivity index (χ0) is 26.8. The molecule has 11 heteroatoms. The highest BCUT2D eigenvalue weighted by molar-refractivity contribution is 7.86. The van der Waals surface area contributed by atoms with Crippen molar-refractivity contribution in [2.45, 2.75) is 45.9 Å². The van der Waals surface area contributed by atoms with Crippen molar-refractivity contribution in [2.75, 3.05) is 43.9 Å². The molecule has 0 N–H and O–H groups in total. The highest BCUT2D eigenvalue weighted by Gasteiger charge is 2.32. The second kappa shape index (κ2) is 10.6. The molecule has 198 valence electrons. The standard InChI is InChI=1S/C26H33N5O5S/c1-26(2,3)35-25(32)31-14-12-30(13-15-31)23-20-10-11-29(17-19-8-6-5-7-9-19)18-22(20)21(16-27)24(28-23)36-37(4,33)34/h5-9H,10-15,17-18H2,1-4H3. The van der Waals surface area contributed by atoms with Crippen molar-refractivity contribution in [3.05, 3.63) is 52.6 Å².